The molecule has 0 spiro atoms. The van der Waals surface area contributed by atoms with Crippen LogP contribution >= 0.6 is 15.9 Å². The lowest BCUT2D eigenvalue weighted by Crippen LogP contribution is -1.90. The largest absolute Gasteiger partial charge is 0.404 e. The maximum atomic E-state index is 10.1. The van der Waals surface area contributed by atoms with E-state index in [1.54, 1.807) is 6.92 Å². The smallest absolute Gasteiger partial charge is 0.225 e. The van der Waals surface area contributed by atoms with Crippen LogP contribution in [-0.4, -0.2) is 4.69 Å². The van der Waals surface area contributed by atoms with Gasteiger partial charge in [0, 0.05) is 11.8 Å². The highest BCUT2D eigenvalue weighted by Crippen LogP contribution is 1.96. The summed E-state index contributed by atoms with van der Waals surface area (Å²) in [5, 5.41) is 0. The van der Waals surface area contributed by atoms with Crippen LogP contribution < -0.4 is 5.73 Å². The van der Waals surface area contributed by atoms with E-state index < -0.39 is 0 Å². The summed E-state index contributed by atoms with van der Waals surface area (Å²) in [6.45, 7) is 1.64. The van der Waals surface area contributed by atoms with Gasteiger partial charge in [0.25, 0.3) is 0 Å². The number of hydrogen-bond acceptors (Lipinski definition) is 2. The zero-order valence-corrected chi connectivity index (χ0v) is 5.53. The Labute approximate surface area is 50.5 Å². The number of hydrogen-bond donors (Lipinski definition) is 1. The molecule has 0 amide bonds. The van der Waals surface area contributed by atoms with E-state index in [2.05, 4.69) is 15.9 Å². The Kier molecular flexibility index (Phi) is 2.67. The predicted molar refractivity (Wildman–Crippen MR) is 31.9 cm³/mol. The number of carbonyl (C=O) groups is 1. The molecule has 0 bridgehead atoms. The second-order valence-corrected chi connectivity index (χ2v) is 1.84. The molecule has 0 atom stereocenters. The highest BCUT2D eigenvalue weighted by atomic mass is 79.9. The molecule has 7 heavy (non-hydrogen) atoms. The van der Waals surface area contributed by atoms with E-state index in [1.807, 2.05) is 0 Å². The van der Waals surface area contributed by atoms with Gasteiger partial charge in [0.1, 0.15) is 0 Å². The van der Waals surface area contributed by atoms with Crippen molar-refractivity contribution in [3.8, 4) is 0 Å². The fourth-order valence-electron chi connectivity index (χ4n) is 0.0655. The van der Waals surface area contributed by atoms with Crippen molar-refractivity contribution >= 4 is 20.6 Å². The molecule has 0 aliphatic heterocycles. The van der Waals surface area contributed by atoms with Crippen LogP contribution in [-0.2, 0) is 4.79 Å². The lowest BCUT2D eigenvalue weighted by Gasteiger charge is -1.83. The van der Waals surface area contributed by atoms with Crippen molar-refractivity contribution < 1.29 is 4.79 Å². The lowest BCUT2D eigenvalue weighted by molar-refractivity contribution is -0.107. The van der Waals surface area contributed by atoms with Gasteiger partial charge < -0.3 is 5.73 Å². The standard InChI is InChI=1S/C4H6BrNO/c1-3(2-6)4(5)7/h2H,6H2,1H3. The molecule has 0 unspecified atom stereocenters. The number of allylic oxidation sites excluding steroid dienone is 1. The Morgan fingerprint density at radius 1 is 1.86 bits per heavy atom. The maximum absolute atomic E-state index is 10.1. The molecule has 0 aliphatic carbocycles. The predicted octanol–water partition coefficient (Wildman–Crippen LogP) is 0.770. The van der Waals surface area contributed by atoms with E-state index in [0.717, 1.165) is 0 Å². The average molecular weight is 164 g/mol. The third-order valence-electron chi connectivity index (χ3n) is 0.560. The van der Waals surface area contributed by atoms with Gasteiger partial charge >= 0.3 is 0 Å². The van der Waals surface area contributed by atoms with Gasteiger partial charge in [-0.3, -0.25) is 4.79 Å². The van der Waals surface area contributed by atoms with Gasteiger partial charge in [0.05, 0.1) is 0 Å². The minimum atomic E-state index is -0.157. The molecular weight excluding hydrogens is 158 g/mol. The highest BCUT2D eigenvalue weighted by Gasteiger charge is 1.92. The van der Waals surface area contributed by atoms with Crippen molar-refractivity contribution in [1.29, 1.82) is 0 Å². The molecule has 0 fully saturated rings. The van der Waals surface area contributed by atoms with Gasteiger partial charge in [-0.05, 0) is 22.9 Å². The fraction of sp³-hybridized carbons (Fsp3) is 0.250. The van der Waals surface area contributed by atoms with Crippen LogP contribution in [0.5, 0.6) is 0 Å². The van der Waals surface area contributed by atoms with Crippen molar-refractivity contribution in [3.05, 3.63) is 11.8 Å². The van der Waals surface area contributed by atoms with Crippen LogP contribution in [0.3, 0.4) is 0 Å². The van der Waals surface area contributed by atoms with Gasteiger partial charge in [0.15, 0.2) is 0 Å². The van der Waals surface area contributed by atoms with Gasteiger partial charge in [-0.1, -0.05) is 0 Å². The summed E-state index contributed by atoms with van der Waals surface area (Å²) in [7, 11) is 0. The second-order valence-electron chi connectivity index (χ2n) is 1.12. The van der Waals surface area contributed by atoms with E-state index >= 15 is 0 Å². The first-order valence-corrected chi connectivity index (χ1v) is 2.56. The van der Waals surface area contributed by atoms with Crippen LogP contribution in [0.2, 0.25) is 0 Å². The van der Waals surface area contributed by atoms with Crippen molar-refractivity contribution in [3.63, 3.8) is 0 Å². The van der Waals surface area contributed by atoms with Gasteiger partial charge in [0.2, 0.25) is 4.69 Å². The molecule has 2 nitrogen and oxygen atoms in total. The average Bonchev–Trinajstić information content (AvgIpc) is 1.65. The van der Waals surface area contributed by atoms with Gasteiger partial charge in [-0.25, -0.2) is 0 Å². The molecule has 0 aromatic carbocycles. The first-order chi connectivity index (χ1) is 3.18. The molecule has 0 heterocycles. The zero-order valence-electron chi connectivity index (χ0n) is 3.94. The summed E-state index contributed by atoms with van der Waals surface area (Å²) in [5.74, 6) is 0. The van der Waals surface area contributed by atoms with E-state index in [1.165, 1.54) is 6.20 Å². The third-order valence-corrected chi connectivity index (χ3v) is 1.19. The molecule has 40 valence electrons. The first kappa shape index (κ1) is 6.69. The highest BCUT2D eigenvalue weighted by molar-refractivity contribution is 9.18. The Hall–Kier alpha value is -0.310. The maximum Gasteiger partial charge on any atom is 0.225 e. The minimum Gasteiger partial charge on any atom is -0.404 e. The molecular formula is C4H6BrNO. The Morgan fingerprint density at radius 2 is 2.29 bits per heavy atom. The molecule has 3 heteroatoms. The molecule has 0 saturated heterocycles. The van der Waals surface area contributed by atoms with E-state index in [0.29, 0.717) is 5.57 Å². The Morgan fingerprint density at radius 3 is 2.29 bits per heavy atom. The monoisotopic (exact) mass is 163 g/mol. The SMILES string of the molecule is CC(=CN)C(=O)Br. The molecule has 0 saturated carbocycles. The third kappa shape index (κ3) is 2.39. The van der Waals surface area contributed by atoms with Crippen molar-refractivity contribution in [2.24, 2.45) is 5.73 Å². The van der Waals surface area contributed by atoms with Crippen LogP contribution in [0.15, 0.2) is 11.8 Å². The van der Waals surface area contributed by atoms with Crippen LogP contribution in [0, 0.1) is 0 Å². The molecule has 0 rings (SSSR count). The minimum absolute atomic E-state index is 0.157. The van der Waals surface area contributed by atoms with Crippen LogP contribution in [0.25, 0.3) is 0 Å². The van der Waals surface area contributed by atoms with E-state index in [9.17, 15) is 4.79 Å². The van der Waals surface area contributed by atoms with Gasteiger partial charge in [-0.15, -0.1) is 0 Å². The summed E-state index contributed by atoms with van der Waals surface area (Å²) in [6.07, 6.45) is 1.26. The van der Waals surface area contributed by atoms with Crippen LogP contribution in [0.4, 0.5) is 0 Å². The molecule has 0 radical (unpaired) electrons. The molecule has 0 aliphatic rings. The Bertz CT molecular complexity index is 108. The number of rotatable bonds is 1. The summed E-state index contributed by atoms with van der Waals surface area (Å²) >= 11 is 2.71. The zero-order chi connectivity index (χ0) is 5.86. The molecule has 0 aromatic rings. The summed E-state index contributed by atoms with van der Waals surface area (Å²) in [4.78, 5) is 10.1. The molecule has 2 N–H and O–H groups in total. The fourth-order valence-corrected chi connectivity index (χ4v) is 0.198. The number of carbonyl (C=O) groups excluding carboxylic acids is 1. The Balaban J connectivity index is 3.82. The van der Waals surface area contributed by atoms with Crippen molar-refractivity contribution in [2.75, 3.05) is 0 Å². The molecule has 0 aromatic heterocycles. The van der Waals surface area contributed by atoms with E-state index in [4.69, 9.17) is 5.73 Å². The lowest BCUT2D eigenvalue weighted by atomic mass is 10.4. The van der Waals surface area contributed by atoms with Crippen molar-refractivity contribution in [1.82, 2.24) is 0 Å². The summed E-state index contributed by atoms with van der Waals surface area (Å²) in [5.41, 5.74) is 5.49. The summed E-state index contributed by atoms with van der Waals surface area (Å²) in [6, 6.07) is 0. The van der Waals surface area contributed by atoms with E-state index in [-0.39, 0.29) is 4.69 Å². The first-order valence-electron chi connectivity index (χ1n) is 1.77. The second kappa shape index (κ2) is 2.80. The van der Waals surface area contributed by atoms with Crippen molar-refractivity contribution in [2.45, 2.75) is 6.92 Å². The normalized spacial score (nSPS) is 11.4. The topological polar surface area (TPSA) is 43.1 Å². The number of nitrogens with two attached hydrogens (primary N) is 1. The van der Waals surface area contributed by atoms with Gasteiger partial charge in [-0.2, -0.15) is 0 Å². The van der Waals surface area contributed by atoms with Crippen LogP contribution in [0.1, 0.15) is 6.92 Å². The number of halogens is 1. The quantitative estimate of drug-likeness (QED) is 0.459. The summed E-state index contributed by atoms with van der Waals surface area (Å²) < 4.78 is -0.157.